The van der Waals surface area contributed by atoms with Crippen LogP contribution in [0, 0.1) is 13.8 Å². The van der Waals surface area contributed by atoms with E-state index >= 15 is 0 Å². The first-order valence-electron chi connectivity index (χ1n) is 10.6. The van der Waals surface area contributed by atoms with Gasteiger partial charge in [0.15, 0.2) is 0 Å². The Morgan fingerprint density at radius 1 is 1.06 bits per heavy atom. The Labute approximate surface area is 194 Å². The van der Waals surface area contributed by atoms with E-state index in [1.165, 1.54) is 22.5 Å². The van der Waals surface area contributed by atoms with Crippen molar-refractivity contribution in [3.63, 3.8) is 0 Å². The number of alkyl halides is 3. The number of aromatic amines is 1. The number of hydrogen-bond acceptors (Lipinski definition) is 5. The quantitative estimate of drug-likeness (QED) is 0.567. The van der Waals surface area contributed by atoms with Crippen LogP contribution in [-0.2, 0) is 21.0 Å². The molecule has 34 heavy (non-hydrogen) atoms. The van der Waals surface area contributed by atoms with Crippen molar-refractivity contribution in [2.75, 3.05) is 38.0 Å². The lowest BCUT2D eigenvalue weighted by Crippen LogP contribution is -2.50. The third-order valence-corrected chi connectivity index (χ3v) is 7.74. The summed E-state index contributed by atoms with van der Waals surface area (Å²) in [6, 6.07) is 9.32. The largest absolute Gasteiger partial charge is 0.449 e. The number of nitrogens with zero attached hydrogens (tertiary/aromatic N) is 3. The Balaban J connectivity index is 1.34. The summed E-state index contributed by atoms with van der Waals surface area (Å²) < 4.78 is 65.8. The second-order valence-corrected chi connectivity index (χ2v) is 10.2. The first kappa shape index (κ1) is 24.2. The van der Waals surface area contributed by atoms with Gasteiger partial charge in [0.1, 0.15) is 0 Å². The molecule has 3 aromatic rings. The Hall–Kier alpha value is -2.96. The summed E-state index contributed by atoms with van der Waals surface area (Å²) in [6.45, 7) is 5.09. The number of rotatable bonds is 5. The molecule has 0 spiro atoms. The van der Waals surface area contributed by atoms with Crippen LogP contribution in [0.2, 0.25) is 0 Å². The van der Waals surface area contributed by atoms with Crippen molar-refractivity contribution in [2.24, 2.45) is 0 Å². The van der Waals surface area contributed by atoms with Gasteiger partial charge >= 0.3 is 6.18 Å². The number of aryl methyl sites for hydroxylation is 2. The van der Waals surface area contributed by atoms with Crippen molar-refractivity contribution < 1.29 is 26.4 Å². The minimum atomic E-state index is -4.59. The normalized spacial score (nSPS) is 16.1. The summed E-state index contributed by atoms with van der Waals surface area (Å²) in [5, 5.41) is 2.67. The number of hydrogen-bond donors (Lipinski definition) is 2. The zero-order valence-corrected chi connectivity index (χ0v) is 19.4. The van der Waals surface area contributed by atoms with Crippen LogP contribution < -0.4 is 5.32 Å². The molecule has 2 aromatic carbocycles. The summed E-state index contributed by atoms with van der Waals surface area (Å²) in [5.41, 5.74) is 2.56. The average Bonchev–Trinajstić information content (AvgIpc) is 3.20. The minimum Gasteiger partial charge on any atom is -0.334 e. The molecule has 1 aromatic heterocycles. The molecule has 1 aliphatic heterocycles. The second-order valence-electron chi connectivity index (χ2n) is 8.29. The highest BCUT2D eigenvalue weighted by Gasteiger charge is 2.34. The maximum absolute atomic E-state index is 12.9. The number of H-pyrrole nitrogens is 1. The number of piperazine rings is 1. The van der Waals surface area contributed by atoms with Crippen molar-refractivity contribution in [2.45, 2.75) is 24.9 Å². The van der Waals surface area contributed by atoms with Crippen LogP contribution in [0.4, 0.5) is 18.9 Å². The van der Waals surface area contributed by atoms with E-state index in [4.69, 9.17) is 0 Å². The van der Waals surface area contributed by atoms with Crippen molar-refractivity contribution in [1.29, 1.82) is 0 Å². The summed E-state index contributed by atoms with van der Waals surface area (Å²) in [6.07, 6.45) is -4.59. The van der Waals surface area contributed by atoms with Gasteiger partial charge in [-0.1, -0.05) is 6.07 Å². The number of amides is 1. The van der Waals surface area contributed by atoms with E-state index in [1.807, 2.05) is 18.7 Å². The number of benzene rings is 2. The number of aromatic nitrogens is 2. The average molecular weight is 496 g/mol. The highest BCUT2D eigenvalue weighted by atomic mass is 32.2. The third-order valence-electron chi connectivity index (χ3n) is 5.85. The lowest BCUT2D eigenvalue weighted by molar-refractivity contribution is -0.144. The van der Waals surface area contributed by atoms with E-state index < -0.39 is 22.0 Å². The fourth-order valence-corrected chi connectivity index (χ4v) is 5.28. The second kappa shape index (κ2) is 9.01. The van der Waals surface area contributed by atoms with Gasteiger partial charge in [-0.3, -0.25) is 9.69 Å². The summed E-state index contributed by atoms with van der Waals surface area (Å²) >= 11 is 0. The van der Waals surface area contributed by atoms with Gasteiger partial charge in [-0.2, -0.15) is 17.5 Å². The molecule has 8 nitrogen and oxygen atoms in total. The molecular formula is C22H24F3N5O3S. The smallest absolute Gasteiger partial charge is 0.334 e. The van der Waals surface area contributed by atoms with Crippen LogP contribution in [-0.4, -0.2) is 66.2 Å². The maximum Gasteiger partial charge on any atom is 0.449 e. The third kappa shape index (κ3) is 5.08. The SMILES string of the molecule is Cc1ccc(S(=O)(=O)N2CCN(CC(=O)Nc3ccc4nc(C(F)(F)F)[nH]c4c3)CC2)cc1C. The molecule has 1 saturated heterocycles. The number of imidazole rings is 1. The van der Waals surface area contributed by atoms with E-state index in [9.17, 15) is 26.4 Å². The molecule has 12 heteroatoms. The molecule has 0 saturated carbocycles. The van der Waals surface area contributed by atoms with Crippen LogP contribution in [0.1, 0.15) is 17.0 Å². The number of sulfonamides is 1. The summed E-state index contributed by atoms with van der Waals surface area (Å²) in [7, 11) is -3.61. The van der Waals surface area contributed by atoms with Crippen molar-refractivity contribution in [1.82, 2.24) is 19.2 Å². The number of anilines is 1. The van der Waals surface area contributed by atoms with Crippen LogP contribution in [0.5, 0.6) is 0 Å². The molecule has 1 aliphatic rings. The zero-order valence-electron chi connectivity index (χ0n) is 18.6. The molecule has 2 N–H and O–H groups in total. The van der Waals surface area contributed by atoms with Gasteiger partial charge in [-0.25, -0.2) is 13.4 Å². The lowest BCUT2D eigenvalue weighted by Gasteiger charge is -2.33. The van der Waals surface area contributed by atoms with Gasteiger partial charge in [-0.15, -0.1) is 0 Å². The Morgan fingerprint density at radius 3 is 2.41 bits per heavy atom. The van der Waals surface area contributed by atoms with Gasteiger partial charge in [-0.05, 0) is 55.3 Å². The fourth-order valence-electron chi connectivity index (χ4n) is 3.78. The molecule has 1 amide bonds. The first-order chi connectivity index (χ1) is 15.9. The molecule has 2 heterocycles. The highest BCUT2D eigenvalue weighted by molar-refractivity contribution is 7.89. The van der Waals surface area contributed by atoms with Crippen molar-refractivity contribution >= 4 is 32.7 Å². The summed E-state index contributed by atoms with van der Waals surface area (Å²) in [5.74, 6) is -1.44. The lowest BCUT2D eigenvalue weighted by atomic mass is 10.1. The van der Waals surface area contributed by atoms with Crippen LogP contribution in [0.3, 0.4) is 0 Å². The van der Waals surface area contributed by atoms with E-state index in [2.05, 4.69) is 15.3 Å². The first-order valence-corrected chi connectivity index (χ1v) is 12.0. The molecule has 0 bridgehead atoms. The van der Waals surface area contributed by atoms with Crippen LogP contribution in [0.25, 0.3) is 11.0 Å². The monoisotopic (exact) mass is 495 g/mol. The van der Waals surface area contributed by atoms with Gasteiger partial charge in [0.2, 0.25) is 21.8 Å². The topological polar surface area (TPSA) is 98.4 Å². The number of fused-ring (bicyclic) bond motifs is 1. The molecular weight excluding hydrogens is 471 g/mol. The molecule has 182 valence electrons. The molecule has 1 fully saturated rings. The molecule has 0 atom stereocenters. The van der Waals surface area contributed by atoms with E-state index in [1.54, 1.807) is 18.2 Å². The van der Waals surface area contributed by atoms with Gasteiger partial charge < -0.3 is 10.3 Å². The predicted molar refractivity (Wildman–Crippen MR) is 121 cm³/mol. The van der Waals surface area contributed by atoms with Crippen LogP contribution in [0.15, 0.2) is 41.3 Å². The van der Waals surface area contributed by atoms with Gasteiger partial charge in [0.25, 0.3) is 0 Å². The van der Waals surface area contributed by atoms with Gasteiger partial charge in [0, 0.05) is 31.9 Å². The molecule has 0 unspecified atom stereocenters. The Bertz CT molecular complexity index is 1330. The van der Waals surface area contributed by atoms with Crippen molar-refractivity contribution in [3.8, 4) is 0 Å². The standard InChI is InChI=1S/C22H24F3N5O3S/c1-14-3-5-17(11-15(14)2)34(32,33)30-9-7-29(8-10-30)13-20(31)26-16-4-6-18-19(12-16)28-21(27-18)22(23,24)25/h3-6,11-12H,7-10,13H2,1-2H3,(H,26,31)(H,27,28). The highest BCUT2D eigenvalue weighted by Crippen LogP contribution is 2.29. The number of nitrogens with one attached hydrogen (secondary N) is 2. The molecule has 0 aliphatic carbocycles. The van der Waals surface area contributed by atoms with E-state index in [0.29, 0.717) is 18.8 Å². The van der Waals surface area contributed by atoms with Crippen LogP contribution >= 0.6 is 0 Å². The van der Waals surface area contributed by atoms with Crippen molar-refractivity contribution in [3.05, 3.63) is 53.3 Å². The molecule has 0 radical (unpaired) electrons. The molecule has 4 rings (SSSR count). The maximum atomic E-state index is 12.9. The van der Waals surface area contributed by atoms with Gasteiger partial charge in [0.05, 0.1) is 22.5 Å². The zero-order chi connectivity index (χ0) is 24.7. The number of carbonyl (C=O) groups excluding carboxylic acids is 1. The number of carbonyl (C=O) groups is 1. The number of halogens is 3. The fraction of sp³-hybridized carbons (Fsp3) is 0.364. The minimum absolute atomic E-state index is 0.0341. The Kier molecular flexibility index (Phi) is 6.40. The van der Waals surface area contributed by atoms with E-state index in [-0.39, 0.29) is 41.5 Å². The summed E-state index contributed by atoms with van der Waals surface area (Å²) in [4.78, 5) is 20.3. The van der Waals surface area contributed by atoms with E-state index in [0.717, 1.165) is 11.1 Å². The Morgan fingerprint density at radius 2 is 1.76 bits per heavy atom. The predicted octanol–water partition coefficient (Wildman–Crippen LogP) is 3.14.